The summed E-state index contributed by atoms with van der Waals surface area (Å²) >= 11 is 0. The van der Waals surface area contributed by atoms with Crippen molar-refractivity contribution < 1.29 is 4.57 Å². The Labute approximate surface area is 123 Å². The average Bonchev–Trinajstić information content (AvgIpc) is 2.94. The van der Waals surface area contributed by atoms with Gasteiger partial charge in [0.2, 0.25) is 5.69 Å². The van der Waals surface area contributed by atoms with Gasteiger partial charge in [0.05, 0.1) is 5.56 Å². The van der Waals surface area contributed by atoms with E-state index < -0.39 is 0 Å². The molecule has 0 spiro atoms. The number of aromatic nitrogens is 2. The van der Waals surface area contributed by atoms with Crippen LogP contribution in [0.15, 0.2) is 67.1 Å². The number of fused-ring (bicyclic) bond motifs is 2. The highest BCUT2D eigenvalue weighted by Crippen LogP contribution is 2.31. The second-order valence-electron chi connectivity index (χ2n) is 5.57. The zero-order chi connectivity index (χ0) is 14.4. The molecule has 2 heteroatoms. The minimum Gasteiger partial charge on any atom is -0.323 e. The summed E-state index contributed by atoms with van der Waals surface area (Å²) in [4.78, 5) is 0. The summed E-state index contributed by atoms with van der Waals surface area (Å²) in [5.41, 5.74) is 5.10. The Balaban J connectivity index is 2.16. The predicted octanol–water partition coefficient (Wildman–Crippen LogP) is 3.89. The first kappa shape index (κ1) is 12.2. The molecule has 0 fully saturated rings. The van der Waals surface area contributed by atoms with Crippen LogP contribution in [0.3, 0.4) is 0 Å². The van der Waals surface area contributed by atoms with Crippen LogP contribution in [0.1, 0.15) is 5.56 Å². The molecule has 4 rings (SSSR count). The van der Waals surface area contributed by atoms with Crippen LogP contribution in [0.5, 0.6) is 0 Å². The van der Waals surface area contributed by atoms with Crippen molar-refractivity contribution in [2.75, 3.05) is 0 Å². The molecular weight excluding hydrogens is 256 g/mol. The summed E-state index contributed by atoms with van der Waals surface area (Å²) in [7, 11) is 2.10. The normalized spacial score (nSPS) is 11.3. The van der Waals surface area contributed by atoms with Gasteiger partial charge in [-0.3, -0.25) is 0 Å². The molecule has 3 aromatic heterocycles. The molecule has 102 valence electrons. The molecule has 0 saturated carbocycles. The zero-order valence-corrected chi connectivity index (χ0v) is 12.2. The summed E-state index contributed by atoms with van der Waals surface area (Å²) in [5.74, 6) is 0. The third-order valence-electron chi connectivity index (χ3n) is 4.18. The topological polar surface area (TPSA) is 8.29 Å². The first-order valence-electron chi connectivity index (χ1n) is 7.19. The number of rotatable bonds is 1. The van der Waals surface area contributed by atoms with Gasteiger partial charge in [0, 0.05) is 30.0 Å². The summed E-state index contributed by atoms with van der Waals surface area (Å²) < 4.78 is 4.36. The maximum Gasteiger partial charge on any atom is 0.213 e. The highest BCUT2D eigenvalue weighted by molar-refractivity contribution is 5.98. The van der Waals surface area contributed by atoms with E-state index in [2.05, 4.69) is 90.1 Å². The minimum absolute atomic E-state index is 1.23. The fourth-order valence-corrected chi connectivity index (χ4v) is 3.08. The third kappa shape index (κ3) is 1.83. The first-order chi connectivity index (χ1) is 10.2. The van der Waals surface area contributed by atoms with Crippen LogP contribution < -0.4 is 4.57 Å². The summed E-state index contributed by atoms with van der Waals surface area (Å²) in [6, 6.07) is 17.3. The fourth-order valence-electron chi connectivity index (χ4n) is 3.08. The largest absolute Gasteiger partial charge is 0.323 e. The molecule has 0 saturated heterocycles. The van der Waals surface area contributed by atoms with Crippen LogP contribution in [0.4, 0.5) is 0 Å². The van der Waals surface area contributed by atoms with E-state index in [1.54, 1.807) is 0 Å². The predicted molar refractivity (Wildman–Crippen MR) is 86.3 cm³/mol. The fraction of sp³-hybridized carbons (Fsp3) is 0.105. The van der Waals surface area contributed by atoms with Crippen molar-refractivity contribution in [2.24, 2.45) is 7.05 Å². The van der Waals surface area contributed by atoms with Crippen molar-refractivity contribution in [2.45, 2.75) is 6.92 Å². The second-order valence-corrected chi connectivity index (χ2v) is 5.57. The van der Waals surface area contributed by atoms with Crippen molar-refractivity contribution in [3.63, 3.8) is 0 Å². The molecule has 2 nitrogen and oxygen atoms in total. The molecule has 4 aromatic rings. The van der Waals surface area contributed by atoms with Crippen LogP contribution in [0, 0.1) is 6.92 Å². The van der Waals surface area contributed by atoms with Gasteiger partial charge < -0.3 is 4.40 Å². The number of aryl methyl sites for hydroxylation is 2. The van der Waals surface area contributed by atoms with E-state index in [1.165, 1.54) is 33.1 Å². The lowest BCUT2D eigenvalue weighted by Crippen LogP contribution is -2.30. The molecular formula is C19H17N2+. The Hall–Kier alpha value is -2.61. The van der Waals surface area contributed by atoms with Gasteiger partial charge in [-0.25, -0.2) is 4.57 Å². The summed E-state index contributed by atoms with van der Waals surface area (Å²) in [5, 5.41) is 2.58. The van der Waals surface area contributed by atoms with E-state index in [1.807, 2.05) is 0 Å². The second kappa shape index (κ2) is 4.45. The SMILES string of the molecule is Cc1ccc2cn3cccc3cc2c1-c1cccc[n+]1C. The van der Waals surface area contributed by atoms with E-state index in [4.69, 9.17) is 0 Å². The van der Waals surface area contributed by atoms with Crippen molar-refractivity contribution in [3.05, 3.63) is 72.7 Å². The molecule has 21 heavy (non-hydrogen) atoms. The molecule has 3 heterocycles. The molecule has 0 aliphatic heterocycles. The van der Waals surface area contributed by atoms with Crippen molar-refractivity contribution in [1.29, 1.82) is 0 Å². The van der Waals surface area contributed by atoms with Crippen molar-refractivity contribution >= 4 is 16.3 Å². The van der Waals surface area contributed by atoms with Crippen LogP contribution in [0.2, 0.25) is 0 Å². The van der Waals surface area contributed by atoms with Crippen LogP contribution in [-0.4, -0.2) is 4.40 Å². The third-order valence-corrected chi connectivity index (χ3v) is 4.18. The number of benzene rings is 1. The van der Waals surface area contributed by atoms with E-state index in [-0.39, 0.29) is 0 Å². The molecule has 0 aliphatic carbocycles. The number of nitrogens with zero attached hydrogens (tertiary/aromatic N) is 2. The van der Waals surface area contributed by atoms with E-state index in [0.717, 1.165) is 0 Å². The van der Waals surface area contributed by atoms with Crippen LogP contribution in [0.25, 0.3) is 27.5 Å². The van der Waals surface area contributed by atoms with Gasteiger partial charge >= 0.3 is 0 Å². The van der Waals surface area contributed by atoms with Gasteiger partial charge in [-0.15, -0.1) is 0 Å². The zero-order valence-electron chi connectivity index (χ0n) is 12.2. The number of hydrogen-bond acceptors (Lipinski definition) is 0. The molecule has 0 N–H and O–H groups in total. The van der Waals surface area contributed by atoms with Gasteiger partial charge in [-0.05, 0) is 47.5 Å². The highest BCUT2D eigenvalue weighted by Gasteiger charge is 2.15. The lowest BCUT2D eigenvalue weighted by Gasteiger charge is -2.10. The Morgan fingerprint density at radius 3 is 2.76 bits per heavy atom. The van der Waals surface area contributed by atoms with Crippen LogP contribution >= 0.6 is 0 Å². The quantitative estimate of drug-likeness (QED) is 0.465. The molecule has 0 unspecified atom stereocenters. The lowest BCUT2D eigenvalue weighted by molar-refractivity contribution is -0.660. The van der Waals surface area contributed by atoms with E-state index in [9.17, 15) is 0 Å². The standard InChI is InChI=1S/C19H17N2/c1-14-8-9-15-13-21-11-5-6-16(21)12-17(15)19(14)18-7-3-4-10-20(18)2/h3-13H,1-2H3/q+1. The minimum atomic E-state index is 1.23. The molecule has 0 amide bonds. The summed E-state index contributed by atoms with van der Waals surface area (Å²) in [6.07, 6.45) is 6.40. The molecule has 0 bridgehead atoms. The molecule has 0 atom stereocenters. The van der Waals surface area contributed by atoms with Gasteiger partial charge in [0.1, 0.15) is 7.05 Å². The van der Waals surface area contributed by atoms with Gasteiger partial charge in [0.25, 0.3) is 0 Å². The number of pyridine rings is 2. The first-order valence-corrected chi connectivity index (χ1v) is 7.19. The van der Waals surface area contributed by atoms with E-state index >= 15 is 0 Å². The summed E-state index contributed by atoms with van der Waals surface area (Å²) in [6.45, 7) is 2.18. The van der Waals surface area contributed by atoms with Gasteiger partial charge in [-0.1, -0.05) is 12.1 Å². The molecule has 0 aliphatic rings. The smallest absolute Gasteiger partial charge is 0.213 e. The van der Waals surface area contributed by atoms with Gasteiger partial charge in [0.15, 0.2) is 6.20 Å². The van der Waals surface area contributed by atoms with Crippen molar-refractivity contribution in [1.82, 2.24) is 4.40 Å². The lowest BCUT2D eigenvalue weighted by atomic mass is 9.97. The Morgan fingerprint density at radius 2 is 1.90 bits per heavy atom. The Morgan fingerprint density at radius 1 is 1.00 bits per heavy atom. The Bertz CT molecular complexity index is 964. The number of hydrogen-bond donors (Lipinski definition) is 0. The maximum atomic E-state index is 2.28. The monoisotopic (exact) mass is 273 g/mol. The van der Waals surface area contributed by atoms with Gasteiger partial charge in [-0.2, -0.15) is 0 Å². The van der Waals surface area contributed by atoms with Crippen molar-refractivity contribution in [3.8, 4) is 11.3 Å². The maximum absolute atomic E-state index is 2.28. The Kier molecular flexibility index (Phi) is 2.58. The molecule has 1 aromatic carbocycles. The van der Waals surface area contributed by atoms with E-state index in [0.29, 0.717) is 0 Å². The highest BCUT2D eigenvalue weighted by atomic mass is 14.9. The average molecular weight is 273 g/mol. The molecule has 0 radical (unpaired) electrons. The van der Waals surface area contributed by atoms with Crippen LogP contribution in [-0.2, 0) is 7.05 Å².